The number of hydrogen-bond acceptors (Lipinski definition) is 1. The summed E-state index contributed by atoms with van der Waals surface area (Å²) in [6.45, 7) is 4.54. The molecule has 2 aliphatic rings. The molecule has 0 saturated carbocycles. The minimum Gasteiger partial charge on any atom is -0.357 e. The van der Waals surface area contributed by atoms with Gasteiger partial charge in [-0.25, -0.2) is 0 Å². The van der Waals surface area contributed by atoms with Gasteiger partial charge in [-0.15, -0.1) is 0 Å². The van der Waals surface area contributed by atoms with Crippen molar-refractivity contribution in [3.8, 4) is 0 Å². The van der Waals surface area contributed by atoms with Crippen LogP contribution >= 0.6 is 0 Å². The first-order valence-corrected chi connectivity index (χ1v) is 7.34. The molecule has 1 saturated heterocycles. The predicted molar refractivity (Wildman–Crippen MR) is 79.3 cm³/mol. The number of fused-ring (bicyclic) bond motifs is 5. The van der Waals surface area contributed by atoms with Gasteiger partial charge in [-0.3, -0.25) is 4.90 Å². The lowest BCUT2D eigenvalue weighted by atomic mass is 9.89. The Labute approximate surface area is 114 Å². The highest BCUT2D eigenvalue weighted by Gasteiger charge is 2.32. The van der Waals surface area contributed by atoms with Gasteiger partial charge in [0.2, 0.25) is 0 Å². The fraction of sp³-hybridized carbons (Fsp3) is 0.412. The average molecular weight is 252 g/mol. The van der Waals surface area contributed by atoms with E-state index >= 15 is 0 Å². The standard InChI is InChI=1S/C17H20N2/c1-2-12-7-8-16-17-14(9-10-19(16)11-12)13-5-3-4-6-15(13)18-17/h2-6,16,18H,7-11H2,1H3/b12-2-/t16-/m1/s1. The molecule has 2 heteroatoms. The number of aromatic amines is 1. The third-order valence-corrected chi connectivity index (χ3v) is 4.82. The van der Waals surface area contributed by atoms with E-state index in [4.69, 9.17) is 0 Å². The van der Waals surface area contributed by atoms with E-state index in [0.29, 0.717) is 6.04 Å². The molecule has 0 spiro atoms. The summed E-state index contributed by atoms with van der Waals surface area (Å²) in [5, 5.41) is 1.44. The molecule has 2 aromatic rings. The van der Waals surface area contributed by atoms with Crippen molar-refractivity contribution in [2.75, 3.05) is 13.1 Å². The Balaban J connectivity index is 1.79. The second kappa shape index (κ2) is 4.24. The lowest BCUT2D eigenvalue weighted by molar-refractivity contribution is 0.165. The average Bonchev–Trinajstić information content (AvgIpc) is 2.85. The van der Waals surface area contributed by atoms with Gasteiger partial charge in [0.05, 0.1) is 6.04 Å². The summed E-state index contributed by atoms with van der Waals surface area (Å²) >= 11 is 0. The summed E-state index contributed by atoms with van der Waals surface area (Å²) in [4.78, 5) is 6.34. The minimum atomic E-state index is 0.611. The maximum Gasteiger partial charge on any atom is 0.0508 e. The van der Waals surface area contributed by atoms with Gasteiger partial charge < -0.3 is 4.98 Å². The molecule has 1 aromatic heterocycles. The van der Waals surface area contributed by atoms with Gasteiger partial charge in [0, 0.05) is 29.7 Å². The van der Waals surface area contributed by atoms with Crippen molar-refractivity contribution in [2.24, 2.45) is 0 Å². The number of allylic oxidation sites excluding steroid dienone is 1. The van der Waals surface area contributed by atoms with Gasteiger partial charge in [0.25, 0.3) is 0 Å². The van der Waals surface area contributed by atoms with E-state index in [1.165, 1.54) is 42.4 Å². The van der Waals surface area contributed by atoms with Crippen molar-refractivity contribution < 1.29 is 0 Å². The van der Waals surface area contributed by atoms with Gasteiger partial charge in [-0.2, -0.15) is 0 Å². The number of hydrogen-bond donors (Lipinski definition) is 1. The number of benzene rings is 1. The van der Waals surface area contributed by atoms with Crippen LogP contribution in [0.1, 0.15) is 37.1 Å². The number of para-hydroxylation sites is 1. The molecular formula is C17H20N2. The van der Waals surface area contributed by atoms with Crippen LogP contribution in [-0.2, 0) is 6.42 Å². The fourth-order valence-corrected chi connectivity index (χ4v) is 3.78. The van der Waals surface area contributed by atoms with Gasteiger partial charge in [-0.1, -0.05) is 29.8 Å². The Morgan fingerprint density at radius 1 is 1.26 bits per heavy atom. The number of aromatic nitrogens is 1. The van der Waals surface area contributed by atoms with Crippen molar-refractivity contribution in [1.29, 1.82) is 0 Å². The molecule has 19 heavy (non-hydrogen) atoms. The molecule has 4 rings (SSSR count). The second-order valence-electron chi connectivity index (χ2n) is 5.78. The normalized spacial score (nSPS) is 25.5. The lowest BCUT2D eigenvalue weighted by Crippen LogP contribution is -2.39. The van der Waals surface area contributed by atoms with Crippen LogP contribution in [0.3, 0.4) is 0 Å². The largest absolute Gasteiger partial charge is 0.357 e. The highest BCUT2D eigenvalue weighted by molar-refractivity contribution is 5.85. The van der Waals surface area contributed by atoms with Crippen molar-refractivity contribution in [3.05, 3.63) is 47.2 Å². The number of H-pyrrole nitrogens is 1. The zero-order chi connectivity index (χ0) is 12.8. The number of rotatable bonds is 0. The zero-order valence-corrected chi connectivity index (χ0v) is 11.4. The van der Waals surface area contributed by atoms with Crippen LogP contribution in [0.2, 0.25) is 0 Å². The van der Waals surface area contributed by atoms with E-state index in [0.717, 1.165) is 6.54 Å². The van der Waals surface area contributed by atoms with E-state index in [1.807, 2.05) is 0 Å². The van der Waals surface area contributed by atoms with E-state index in [1.54, 1.807) is 11.1 Å². The minimum absolute atomic E-state index is 0.611. The topological polar surface area (TPSA) is 19.0 Å². The van der Waals surface area contributed by atoms with Crippen LogP contribution in [0.25, 0.3) is 10.9 Å². The molecule has 0 radical (unpaired) electrons. The molecule has 98 valence electrons. The number of nitrogens with zero attached hydrogens (tertiary/aromatic N) is 1. The smallest absolute Gasteiger partial charge is 0.0508 e. The summed E-state index contributed by atoms with van der Waals surface area (Å²) in [6, 6.07) is 9.36. The molecule has 1 fully saturated rings. The quantitative estimate of drug-likeness (QED) is 0.706. The lowest BCUT2D eigenvalue weighted by Gasteiger charge is -2.40. The molecule has 0 amide bonds. The summed E-state index contributed by atoms with van der Waals surface area (Å²) in [5.41, 5.74) is 5.98. The Morgan fingerprint density at radius 3 is 3.05 bits per heavy atom. The van der Waals surface area contributed by atoms with E-state index in [-0.39, 0.29) is 0 Å². The molecule has 1 N–H and O–H groups in total. The highest BCUT2D eigenvalue weighted by atomic mass is 15.2. The summed E-state index contributed by atoms with van der Waals surface area (Å²) in [6.07, 6.45) is 6.01. The van der Waals surface area contributed by atoms with Crippen LogP contribution in [-0.4, -0.2) is 23.0 Å². The van der Waals surface area contributed by atoms with E-state index in [9.17, 15) is 0 Å². The maximum absolute atomic E-state index is 3.69. The molecule has 2 nitrogen and oxygen atoms in total. The van der Waals surface area contributed by atoms with E-state index < -0.39 is 0 Å². The van der Waals surface area contributed by atoms with Crippen LogP contribution in [0, 0.1) is 0 Å². The fourth-order valence-electron chi connectivity index (χ4n) is 3.78. The SMILES string of the molecule is C/C=C1/CC[C@@H]2c3[nH]c4ccccc4c3CCN2C1. The van der Waals surface area contributed by atoms with Gasteiger partial charge in [0.1, 0.15) is 0 Å². The maximum atomic E-state index is 3.69. The molecule has 2 aliphatic heterocycles. The molecule has 3 heterocycles. The predicted octanol–water partition coefficient (Wildman–Crippen LogP) is 3.81. The van der Waals surface area contributed by atoms with E-state index in [2.05, 4.69) is 47.1 Å². The third kappa shape index (κ3) is 1.67. The third-order valence-electron chi connectivity index (χ3n) is 4.82. The highest BCUT2D eigenvalue weighted by Crippen LogP contribution is 2.40. The first kappa shape index (κ1) is 11.3. The second-order valence-corrected chi connectivity index (χ2v) is 5.78. The first-order chi connectivity index (χ1) is 9.36. The molecule has 0 bridgehead atoms. The van der Waals surface area contributed by atoms with Crippen LogP contribution in [0.5, 0.6) is 0 Å². The van der Waals surface area contributed by atoms with Crippen LogP contribution in [0.4, 0.5) is 0 Å². The summed E-state index contributed by atoms with van der Waals surface area (Å²) in [5.74, 6) is 0. The Kier molecular flexibility index (Phi) is 2.52. The van der Waals surface area contributed by atoms with Gasteiger partial charge >= 0.3 is 0 Å². The molecule has 0 aliphatic carbocycles. The number of piperidine rings is 1. The summed E-state index contributed by atoms with van der Waals surface area (Å²) < 4.78 is 0. The van der Waals surface area contributed by atoms with Crippen LogP contribution in [0.15, 0.2) is 35.9 Å². The van der Waals surface area contributed by atoms with Crippen molar-refractivity contribution in [2.45, 2.75) is 32.2 Å². The molecule has 1 atom stereocenters. The van der Waals surface area contributed by atoms with Crippen LogP contribution < -0.4 is 0 Å². The van der Waals surface area contributed by atoms with Crippen molar-refractivity contribution >= 4 is 10.9 Å². The monoisotopic (exact) mass is 252 g/mol. The van der Waals surface area contributed by atoms with Gasteiger partial charge in [-0.05, 0) is 37.8 Å². The molecule has 1 aromatic carbocycles. The molecular weight excluding hydrogens is 232 g/mol. The Morgan fingerprint density at radius 2 is 2.16 bits per heavy atom. The first-order valence-electron chi connectivity index (χ1n) is 7.34. The number of nitrogens with one attached hydrogen (secondary N) is 1. The Bertz CT molecular complexity index is 650. The molecule has 0 unspecified atom stereocenters. The van der Waals surface area contributed by atoms with Crippen molar-refractivity contribution in [3.63, 3.8) is 0 Å². The zero-order valence-electron chi connectivity index (χ0n) is 11.4. The van der Waals surface area contributed by atoms with Crippen molar-refractivity contribution in [1.82, 2.24) is 9.88 Å². The van der Waals surface area contributed by atoms with Gasteiger partial charge in [0.15, 0.2) is 0 Å². The Hall–Kier alpha value is -1.54. The summed E-state index contributed by atoms with van der Waals surface area (Å²) in [7, 11) is 0.